The first kappa shape index (κ1) is 13.9. The summed E-state index contributed by atoms with van der Waals surface area (Å²) >= 11 is 1.35. The molecule has 0 spiro atoms. The molecule has 1 N–H and O–H groups in total. The lowest BCUT2D eigenvalue weighted by Crippen LogP contribution is -2.38. The fourth-order valence-corrected chi connectivity index (χ4v) is 2.37. The normalized spacial score (nSPS) is 10.9. The molecule has 96 valence electrons. The molecule has 1 aromatic heterocycles. The van der Waals surface area contributed by atoms with Crippen LogP contribution in [0.25, 0.3) is 0 Å². The summed E-state index contributed by atoms with van der Waals surface area (Å²) in [7, 11) is 0. The molecule has 0 saturated carbocycles. The van der Waals surface area contributed by atoms with Crippen LogP contribution in [0.1, 0.15) is 38.7 Å². The topological polar surface area (TPSA) is 64.1 Å². The van der Waals surface area contributed by atoms with Crippen LogP contribution < -0.4 is 16.1 Å². The minimum absolute atomic E-state index is 0.0401. The minimum atomic E-state index is -0.516. The van der Waals surface area contributed by atoms with Gasteiger partial charge in [0.1, 0.15) is 11.6 Å². The maximum absolute atomic E-state index is 11.7. The lowest BCUT2D eigenvalue weighted by atomic mass is 10.1. The lowest BCUT2D eigenvalue weighted by molar-refractivity contribution is 0.0787. The summed E-state index contributed by atoms with van der Waals surface area (Å²) in [5.41, 5.74) is -0.254. The highest BCUT2D eigenvalue weighted by Gasteiger charge is 2.17. The monoisotopic (exact) mass is 258 g/mol. The minimum Gasteiger partial charge on any atom is -0.408 e. The molecule has 0 amide bonds. The van der Waals surface area contributed by atoms with Gasteiger partial charge in [0.25, 0.3) is 5.56 Å². The average molecular weight is 258 g/mol. The number of thioether (sulfide) groups is 1. The fraction of sp³-hybridized carbons (Fsp3) is 0.636. The quantitative estimate of drug-likeness (QED) is 0.637. The van der Waals surface area contributed by atoms with Crippen molar-refractivity contribution in [3.8, 4) is 0 Å². The van der Waals surface area contributed by atoms with E-state index in [1.807, 2.05) is 27.0 Å². The number of rotatable bonds is 5. The van der Waals surface area contributed by atoms with Gasteiger partial charge in [0.05, 0.1) is 5.56 Å². The number of nitrogens with zero attached hydrogens (tertiary/aromatic N) is 1. The Morgan fingerprint density at radius 2 is 2.06 bits per heavy atom. The largest absolute Gasteiger partial charge is 0.408 e. The van der Waals surface area contributed by atoms with E-state index in [4.69, 9.17) is 4.84 Å². The Morgan fingerprint density at radius 3 is 2.53 bits per heavy atom. The first-order valence-electron chi connectivity index (χ1n) is 5.59. The Bertz CT molecular complexity index is 490. The summed E-state index contributed by atoms with van der Waals surface area (Å²) < 4.78 is 1.19. The van der Waals surface area contributed by atoms with E-state index in [1.54, 1.807) is 0 Å². The molecule has 0 bridgehead atoms. The van der Waals surface area contributed by atoms with Gasteiger partial charge in [-0.3, -0.25) is 9.78 Å². The summed E-state index contributed by atoms with van der Waals surface area (Å²) in [6, 6.07) is 0. The van der Waals surface area contributed by atoms with E-state index in [0.717, 1.165) is 6.42 Å². The third-order valence-electron chi connectivity index (χ3n) is 2.26. The summed E-state index contributed by atoms with van der Waals surface area (Å²) in [5, 5.41) is 0.585. The Labute approximate surface area is 104 Å². The van der Waals surface area contributed by atoms with E-state index in [2.05, 4.69) is 4.98 Å². The molecule has 17 heavy (non-hydrogen) atoms. The molecular formula is C11H18N2O3S. The van der Waals surface area contributed by atoms with Gasteiger partial charge in [-0.05, 0) is 18.6 Å². The summed E-state index contributed by atoms with van der Waals surface area (Å²) in [5.74, 6) is 0.0401. The third-order valence-corrected chi connectivity index (χ3v) is 3.03. The Kier molecular flexibility index (Phi) is 4.86. The maximum atomic E-state index is 11.7. The Hall–Kier alpha value is -1.17. The SMILES string of the molecule is CCCOn1c(SC)c(C(C)C)c(=O)[nH]c1=O. The fourth-order valence-electron chi connectivity index (χ4n) is 1.52. The van der Waals surface area contributed by atoms with Crippen LogP contribution in [0.5, 0.6) is 0 Å². The van der Waals surface area contributed by atoms with Crippen molar-refractivity contribution in [3.63, 3.8) is 0 Å². The van der Waals surface area contributed by atoms with Crippen LogP contribution in [0.3, 0.4) is 0 Å². The van der Waals surface area contributed by atoms with Crippen molar-refractivity contribution in [2.45, 2.75) is 38.1 Å². The van der Waals surface area contributed by atoms with Crippen LogP contribution in [-0.2, 0) is 0 Å². The van der Waals surface area contributed by atoms with Gasteiger partial charge >= 0.3 is 5.69 Å². The standard InChI is InChI=1S/C11H18N2O3S/c1-5-6-16-13-10(17-4)8(7(2)3)9(14)12-11(13)15/h7H,5-6H2,1-4H3,(H,12,14,15). The molecule has 1 aromatic rings. The van der Waals surface area contributed by atoms with Crippen molar-refractivity contribution in [1.82, 2.24) is 9.71 Å². The molecule has 0 fully saturated rings. The van der Waals surface area contributed by atoms with Crippen LogP contribution in [0.15, 0.2) is 14.6 Å². The van der Waals surface area contributed by atoms with E-state index in [9.17, 15) is 9.59 Å². The van der Waals surface area contributed by atoms with Crippen LogP contribution in [0.4, 0.5) is 0 Å². The van der Waals surface area contributed by atoms with Gasteiger partial charge in [0, 0.05) is 0 Å². The molecule has 0 radical (unpaired) electrons. The van der Waals surface area contributed by atoms with E-state index >= 15 is 0 Å². The van der Waals surface area contributed by atoms with Crippen molar-refractivity contribution in [3.05, 3.63) is 26.4 Å². The van der Waals surface area contributed by atoms with E-state index in [1.165, 1.54) is 16.5 Å². The summed E-state index contributed by atoms with van der Waals surface area (Å²) in [6.45, 7) is 6.23. The van der Waals surface area contributed by atoms with Crippen molar-refractivity contribution < 1.29 is 4.84 Å². The smallest absolute Gasteiger partial charge is 0.362 e. The number of hydrogen-bond acceptors (Lipinski definition) is 4. The van der Waals surface area contributed by atoms with Gasteiger partial charge in [0.2, 0.25) is 0 Å². The number of aromatic nitrogens is 2. The zero-order valence-corrected chi connectivity index (χ0v) is 11.4. The zero-order valence-electron chi connectivity index (χ0n) is 10.6. The van der Waals surface area contributed by atoms with E-state index in [-0.39, 0.29) is 11.5 Å². The van der Waals surface area contributed by atoms with Crippen molar-refractivity contribution in [1.29, 1.82) is 0 Å². The van der Waals surface area contributed by atoms with E-state index in [0.29, 0.717) is 17.2 Å². The first-order chi connectivity index (χ1) is 8.02. The predicted octanol–water partition coefficient (Wildman–Crippen LogP) is 1.22. The van der Waals surface area contributed by atoms with Gasteiger partial charge in [-0.1, -0.05) is 20.8 Å². The zero-order chi connectivity index (χ0) is 13.0. The molecule has 0 aliphatic rings. The highest BCUT2D eigenvalue weighted by Crippen LogP contribution is 2.21. The second-order valence-corrected chi connectivity index (χ2v) is 4.76. The van der Waals surface area contributed by atoms with Crippen LogP contribution >= 0.6 is 11.8 Å². The van der Waals surface area contributed by atoms with Crippen LogP contribution in [0.2, 0.25) is 0 Å². The summed E-state index contributed by atoms with van der Waals surface area (Å²) in [4.78, 5) is 31.1. The van der Waals surface area contributed by atoms with Gasteiger partial charge in [-0.15, -0.1) is 16.5 Å². The molecule has 0 unspecified atom stereocenters. The molecule has 6 heteroatoms. The maximum Gasteiger partial charge on any atom is 0.362 e. The highest BCUT2D eigenvalue weighted by atomic mass is 32.2. The third kappa shape index (κ3) is 2.94. The molecule has 0 aliphatic heterocycles. The average Bonchev–Trinajstić information content (AvgIpc) is 2.26. The van der Waals surface area contributed by atoms with Crippen molar-refractivity contribution >= 4 is 11.8 Å². The number of nitrogens with one attached hydrogen (secondary N) is 1. The number of hydrogen-bond donors (Lipinski definition) is 1. The highest BCUT2D eigenvalue weighted by molar-refractivity contribution is 7.98. The van der Waals surface area contributed by atoms with E-state index < -0.39 is 5.69 Å². The molecule has 0 aliphatic carbocycles. The molecule has 5 nitrogen and oxygen atoms in total. The van der Waals surface area contributed by atoms with Gasteiger partial charge in [-0.2, -0.15) is 0 Å². The van der Waals surface area contributed by atoms with Crippen LogP contribution in [-0.4, -0.2) is 22.6 Å². The second-order valence-electron chi connectivity index (χ2n) is 3.96. The molecule has 0 saturated heterocycles. The van der Waals surface area contributed by atoms with Gasteiger partial charge in [0.15, 0.2) is 0 Å². The number of H-pyrrole nitrogens is 1. The Balaban J connectivity index is 3.42. The second kappa shape index (κ2) is 5.95. The molecule has 0 aromatic carbocycles. The van der Waals surface area contributed by atoms with Gasteiger partial charge < -0.3 is 4.84 Å². The van der Waals surface area contributed by atoms with Crippen molar-refractivity contribution in [2.75, 3.05) is 12.9 Å². The Morgan fingerprint density at radius 1 is 1.41 bits per heavy atom. The first-order valence-corrected chi connectivity index (χ1v) is 6.81. The number of aromatic amines is 1. The summed E-state index contributed by atoms with van der Waals surface area (Å²) in [6.07, 6.45) is 2.63. The molecule has 1 rings (SSSR count). The molecule has 1 heterocycles. The lowest BCUT2D eigenvalue weighted by Gasteiger charge is -2.15. The van der Waals surface area contributed by atoms with Crippen molar-refractivity contribution in [2.24, 2.45) is 0 Å². The van der Waals surface area contributed by atoms with Gasteiger partial charge in [-0.25, -0.2) is 4.79 Å². The van der Waals surface area contributed by atoms with Crippen LogP contribution in [0, 0.1) is 0 Å². The predicted molar refractivity (Wildman–Crippen MR) is 68.9 cm³/mol. The molecular weight excluding hydrogens is 240 g/mol. The molecule has 0 atom stereocenters.